The predicted molar refractivity (Wildman–Crippen MR) is 65.8 cm³/mol. The van der Waals surface area contributed by atoms with Crippen LogP contribution < -0.4 is 10.6 Å². The lowest BCUT2D eigenvalue weighted by atomic mass is 10.2. The lowest BCUT2D eigenvalue weighted by Crippen LogP contribution is -2.41. The molecule has 1 rings (SSSR count). The molecule has 0 amide bonds. The highest BCUT2D eigenvalue weighted by atomic mass is 16.5. The highest BCUT2D eigenvalue weighted by Gasteiger charge is 2.14. The normalized spacial score (nSPS) is 24.6. The van der Waals surface area contributed by atoms with E-state index in [0.717, 1.165) is 26.2 Å². The lowest BCUT2D eigenvalue weighted by Gasteiger charge is -2.18. The fourth-order valence-electron chi connectivity index (χ4n) is 1.79. The molecule has 4 heteroatoms. The summed E-state index contributed by atoms with van der Waals surface area (Å²) in [6, 6.07) is 0.471. The van der Waals surface area contributed by atoms with Crippen molar-refractivity contribution in [3.63, 3.8) is 0 Å². The zero-order valence-electron chi connectivity index (χ0n) is 10.8. The largest absolute Gasteiger partial charge is 0.380 e. The molecule has 96 valence electrons. The Balaban J connectivity index is 1.94. The third-order valence-corrected chi connectivity index (χ3v) is 3.00. The van der Waals surface area contributed by atoms with E-state index in [2.05, 4.69) is 24.5 Å². The van der Waals surface area contributed by atoms with Crippen molar-refractivity contribution in [2.45, 2.75) is 44.9 Å². The van der Waals surface area contributed by atoms with Crippen LogP contribution in [0.3, 0.4) is 0 Å². The Kier molecular flexibility index (Phi) is 6.96. The van der Waals surface area contributed by atoms with Gasteiger partial charge in [-0.25, -0.2) is 0 Å². The Labute approximate surface area is 99.1 Å². The molecule has 2 N–H and O–H groups in total. The van der Waals surface area contributed by atoms with Crippen molar-refractivity contribution in [1.82, 2.24) is 10.6 Å². The minimum absolute atomic E-state index is 0.278. The van der Waals surface area contributed by atoms with E-state index >= 15 is 0 Å². The van der Waals surface area contributed by atoms with Gasteiger partial charge in [0.15, 0.2) is 0 Å². The molecule has 0 radical (unpaired) electrons. The lowest BCUT2D eigenvalue weighted by molar-refractivity contribution is 0.107. The summed E-state index contributed by atoms with van der Waals surface area (Å²) < 4.78 is 10.7. The Hall–Kier alpha value is -0.160. The first-order valence-electron chi connectivity index (χ1n) is 6.31. The SMILES string of the molecule is COC(C)CNC(C)CNCC1CCCO1. The van der Waals surface area contributed by atoms with Crippen LogP contribution in [0.15, 0.2) is 0 Å². The summed E-state index contributed by atoms with van der Waals surface area (Å²) in [6.07, 6.45) is 3.13. The van der Waals surface area contributed by atoms with Gasteiger partial charge < -0.3 is 20.1 Å². The molecule has 3 unspecified atom stereocenters. The van der Waals surface area contributed by atoms with Crippen molar-refractivity contribution in [1.29, 1.82) is 0 Å². The summed E-state index contributed by atoms with van der Waals surface area (Å²) in [4.78, 5) is 0. The third-order valence-electron chi connectivity index (χ3n) is 3.00. The molecule has 0 aromatic carbocycles. The summed E-state index contributed by atoms with van der Waals surface area (Å²) >= 11 is 0. The first-order valence-corrected chi connectivity index (χ1v) is 6.31. The van der Waals surface area contributed by atoms with Crippen molar-refractivity contribution in [2.75, 3.05) is 33.4 Å². The second-order valence-corrected chi connectivity index (χ2v) is 4.65. The molecule has 1 fully saturated rings. The van der Waals surface area contributed by atoms with Crippen LogP contribution in [0, 0.1) is 0 Å². The van der Waals surface area contributed by atoms with E-state index in [9.17, 15) is 0 Å². The maximum absolute atomic E-state index is 5.55. The van der Waals surface area contributed by atoms with Gasteiger partial charge in [0.1, 0.15) is 0 Å². The second kappa shape index (κ2) is 8.01. The van der Waals surface area contributed by atoms with Gasteiger partial charge in [0.2, 0.25) is 0 Å². The average Bonchev–Trinajstić information content (AvgIpc) is 2.79. The van der Waals surface area contributed by atoms with Crippen molar-refractivity contribution in [2.24, 2.45) is 0 Å². The molecule has 3 atom stereocenters. The molecular formula is C12H26N2O2. The zero-order chi connectivity index (χ0) is 11.8. The van der Waals surface area contributed by atoms with E-state index in [4.69, 9.17) is 9.47 Å². The summed E-state index contributed by atoms with van der Waals surface area (Å²) in [6.45, 7) is 8.05. The Morgan fingerprint density at radius 3 is 2.81 bits per heavy atom. The Morgan fingerprint density at radius 1 is 1.38 bits per heavy atom. The van der Waals surface area contributed by atoms with Crippen LogP contribution in [0.4, 0.5) is 0 Å². The van der Waals surface area contributed by atoms with Gasteiger partial charge in [-0.15, -0.1) is 0 Å². The molecule has 1 saturated heterocycles. The smallest absolute Gasteiger partial charge is 0.0700 e. The first-order chi connectivity index (χ1) is 7.72. The fourth-order valence-corrected chi connectivity index (χ4v) is 1.79. The summed E-state index contributed by atoms with van der Waals surface area (Å²) in [5, 5.41) is 6.87. The van der Waals surface area contributed by atoms with Crippen molar-refractivity contribution >= 4 is 0 Å². The Bertz CT molecular complexity index is 172. The maximum Gasteiger partial charge on any atom is 0.0700 e. The average molecular weight is 230 g/mol. The molecular weight excluding hydrogens is 204 g/mol. The van der Waals surface area contributed by atoms with E-state index in [1.165, 1.54) is 12.8 Å². The maximum atomic E-state index is 5.55. The molecule has 0 bridgehead atoms. The summed E-state index contributed by atoms with van der Waals surface area (Å²) in [5.74, 6) is 0. The number of ether oxygens (including phenoxy) is 2. The highest BCUT2D eigenvalue weighted by molar-refractivity contribution is 4.71. The summed E-state index contributed by atoms with van der Waals surface area (Å²) in [7, 11) is 1.74. The monoisotopic (exact) mass is 230 g/mol. The van der Waals surface area contributed by atoms with Crippen LogP contribution in [0.2, 0.25) is 0 Å². The van der Waals surface area contributed by atoms with Gasteiger partial charge >= 0.3 is 0 Å². The van der Waals surface area contributed by atoms with Crippen molar-refractivity contribution in [3.05, 3.63) is 0 Å². The van der Waals surface area contributed by atoms with E-state index in [1.54, 1.807) is 7.11 Å². The van der Waals surface area contributed by atoms with Crippen molar-refractivity contribution < 1.29 is 9.47 Å². The molecule has 0 spiro atoms. The van der Waals surface area contributed by atoms with Crippen LogP contribution in [0.25, 0.3) is 0 Å². The second-order valence-electron chi connectivity index (χ2n) is 4.65. The molecule has 0 aromatic heterocycles. The molecule has 0 saturated carbocycles. The van der Waals surface area contributed by atoms with Gasteiger partial charge in [-0.3, -0.25) is 0 Å². The highest BCUT2D eigenvalue weighted by Crippen LogP contribution is 2.10. The molecule has 0 aromatic rings. The number of nitrogens with one attached hydrogen (secondary N) is 2. The van der Waals surface area contributed by atoms with E-state index in [-0.39, 0.29) is 6.10 Å². The summed E-state index contributed by atoms with van der Waals surface area (Å²) in [5.41, 5.74) is 0. The minimum atomic E-state index is 0.278. The zero-order valence-corrected chi connectivity index (χ0v) is 10.8. The fraction of sp³-hybridized carbons (Fsp3) is 1.00. The van der Waals surface area contributed by atoms with Gasteiger partial charge in [-0.1, -0.05) is 0 Å². The number of methoxy groups -OCH3 is 1. The molecule has 1 aliphatic rings. The van der Waals surface area contributed by atoms with E-state index < -0.39 is 0 Å². The third kappa shape index (κ3) is 5.80. The topological polar surface area (TPSA) is 42.5 Å². The van der Waals surface area contributed by atoms with Gasteiger partial charge in [0.05, 0.1) is 12.2 Å². The van der Waals surface area contributed by atoms with Gasteiger partial charge in [0.25, 0.3) is 0 Å². The van der Waals surface area contributed by atoms with Crippen LogP contribution in [0.1, 0.15) is 26.7 Å². The minimum Gasteiger partial charge on any atom is -0.380 e. The number of rotatable bonds is 8. The van der Waals surface area contributed by atoms with Crippen LogP contribution in [-0.2, 0) is 9.47 Å². The predicted octanol–water partition coefficient (Wildman–Crippen LogP) is 0.768. The Morgan fingerprint density at radius 2 is 2.19 bits per heavy atom. The van der Waals surface area contributed by atoms with E-state index in [1.807, 2.05) is 0 Å². The molecule has 1 heterocycles. The number of hydrogen-bond acceptors (Lipinski definition) is 4. The van der Waals surface area contributed by atoms with Gasteiger partial charge in [-0.05, 0) is 26.7 Å². The van der Waals surface area contributed by atoms with E-state index in [0.29, 0.717) is 12.1 Å². The molecule has 1 aliphatic heterocycles. The van der Waals surface area contributed by atoms with Gasteiger partial charge in [-0.2, -0.15) is 0 Å². The van der Waals surface area contributed by atoms with Crippen LogP contribution >= 0.6 is 0 Å². The molecule has 16 heavy (non-hydrogen) atoms. The van der Waals surface area contributed by atoms with Crippen LogP contribution in [0.5, 0.6) is 0 Å². The molecule has 0 aliphatic carbocycles. The quantitative estimate of drug-likeness (QED) is 0.646. The van der Waals surface area contributed by atoms with Crippen molar-refractivity contribution in [3.8, 4) is 0 Å². The first kappa shape index (κ1) is 13.9. The molecule has 4 nitrogen and oxygen atoms in total. The standard InChI is InChI=1S/C12H26N2O2/c1-10(14-8-11(2)15-3)7-13-9-12-5-4-6-16-12/h10-14H,4-9H2,1-3H3. The number of hydrogen-bond donors (Lipinski definition) is 2. The van der Waals surface area contributed by atoms with Crippen LogP contribution in [-0.4, -0.2) is 51.6 Å². The van der Waals surface area contributed by atoms with Gasteiger partial charge in [0, 0.05) is 39.4 Å².